The molecule has 2 N–H and O–H groups in total. The second kappa shape index (κ2) is 9.37. The van der Waals surface area contributed by atoms with Gasteiger partial charge in [-0.1, -0.05) is 31.5 Å². The van der Waals surface area contributed by atoms with Crippen molar-refractivity contribution in [2.45, 2.75) is 58.5 Å². The standard InChI is InChI=1S/C20H28ClFN6/c1-4-23-20(24-11-10-15-16(21)6-5-7-17(15)22)25-14-8-9-18-26-19(13(2)3)27-28(18)12-14/h5-7,13-14H,4,8-12H2,1-3H3,(H2,23,24,25). The van der Waals surface area contributed by atoms with Gasteiger partial charge in [-0.3, -0.25) is 4.99 Å². The lowest BCUT2D eigenvalue weighted by Crippen LogP contribution is -2.47. The highest BCUT2D eigenvalue weighted by atomic mass is 35.5. The van der Waals surface area contributed by atoms with Gasteiger partial charge in [0.1, 0.15) is 11.6 Å². The Labute approximate surface area is 170 Å². The van der Waals surface area contributed by atoms with E-state index in [1.165, 1.54) is 6.07 Å². The molecule has 1 aromatic heterocycles. The molecule has 1 aromatic carbocycles. The fourth-order valence-electron chi connectivity index (χ4n) is 3.25. The molecule has 3 rings (SSSR count). The van der Waals surface area contributed by atoms with Gasteiger partial charge in [0.2, 0.25) is 0 Å². The van der Waals surface area contributed by atoms with Crippen molar-refractivity contribution in [3.8, 4) is 0 Å². The SMILES string of the molecule is CCNC(=NCCc1c(F)cccc1Cl)NC1CCc2nc(C(C)C)nn2C1. The maximum atomic E-state index is 13.9. The number of rotatable bonds is 6. The topological polar surface area (TPSA) is 67.1 Å². The normalized spacial score (nSPS) is 16.9. The molecule has 152 valence electrons. The van der Waals surface area contributed by atoms with Crippen LogP contribution >= 0.6 is 11.6 Å². The summed E-state index contributed by atoms with van der Waals surface area (Å²) in [5, 5.41) is 11.8. The number of benzene rings is 1. The van der Waals surface area contributed by atoms with E-state index in [0.29, 0.717) is 29.5 Å². The molecule has 1 aliphatic heterocycles. The van der Waals surface area contributed by atoms with Crippen LogP contribution in [0.2, 0.25) is 5.02 Å². The molecule has 0 saturated carbocycles. The number of aryl methyl sites for hydroxylation is 1. The Balaban J connectivity index is 1.62. The molecular formula is C20H28ClFN6. The predicted molar refractivity (Wildman–Crippen MR) is 110 cm³/mol. The zero-order valence-corrected chi connectivity index (χ0v) is 17.4. The number of halogens is 2. The second-order valence-electron chi connectivity index (χ2n) is 7.31. The number of fused-ring (bicyclic) bond motifs is 1. The number of hydrogen-bond acceptors (Lipinski definition) is 3. The van der Waals surface area contributed by atoms with Crippen LogP contribution in [-0.4, -0.2) is 39.9 Å². The van der Waals surface area contributed by atoms with E-state index < -0.39 is 0 Å². The summed E-state index contributed by atoms with van der Waals surface area (Å²) in [6, 6.07) is 4.97. The van der Waals surface area contributed by atoms with E-state index in [4.69, 9.17) is 11.6 Å². The van der Waals surface area contributed by atoms with Crippen molar-refractivity contribution in [1.82, 2.24) is 25.4 Å². The van der Waals surface area contributed by atoms with Gasteiger partial charge in [-0.25, -0.2) is 14.1 Å². The van der Waals surface area contributed by atoms with Gasteiger partial charge < -0.3 is 10.6 Å². The zero-order valence-electron chi connectivity index (χ0n) is 16.7. The van der Waals surface area contributed by atoms with E-state index >= 15 is 0 Å². The zero-order chi connectivity index (χ0) is 20.1. The Morgan fingerprint density at radius 3 is 2.96 bits per heavy atom. The first-order chi connectivity index (χ1) is 13.5. The number of guanidine groups is 1. The van der Waals surface area contributed by atoms with Crippen molar-refractivity contribution in [2.75, 3.05) is 13.1 Å². The molecule has 8 heteroatoms. The molecule has 0 fully saturated rings. The quantitative estimate of drug-likeness (QED) is 0.570. The summed E-state index contributed by atoms with van der Waals surface area (Å²) < 4.78 is 15.9. The van der Waals surface area contributed by atoms with Gasteiger partial charge in [0, 0.05) is 42.1 Å². The third-order valence-electron chi connectivity index (χ3n) is 4.77. The van der Waals surface area contributed by atoms with Crippen molar-refractivity contribution in [3.05, 3.63) is 46.3 Å². The van der Waals surface area contributed by atoms with Crippen LogP contribution in [0.25, 0.3) is 0 Å². The molecule has 0 bridgehead atoms. The number of aliphatic imine (C=N–C) groups is 1. The number of hydrogen-bond donors (Lipinski definition) is 2. The summed E-state index contributed by atoms with van der Waals surface area (Å²) in [5.41, 5.74) is 0.509. The molecule has 28 heavy (non-hydrogen) atoms. The van der Waals surface area contributed by atoms with E-state index in [1.807, 2.05) is 11.6 Å². The summed E-state index contributed by atoms with van der Waals surface area (Å²) in [5.74, 6) is 2.73. The minimum atomic E-state index is -0.285. The molecule has 0 spiro atoms. The minimum absolute atomic E-state index is 0.226. The van der Waals surface area contributed by atoms with Crippen molar-refractivity contribution in [2.24, 2.45) is 4.99 Å². The van der Waals surface area contributed by atoms with Gasteiger partial charge in [0.05, 0.1) is 6.54 Å². The maximum Gasteiger partial charge on any atom is 0.191 e. The van der Waals surface area contributed by atoms with Crippen molar-refractivity contribution in [3.63, 3.8) is 0 Å². The van der Waals surface area contributed by atoms with Gasteiger partial charge in [0.15, 0.2) is 11.8 Å². The highest BCUT2D eigenvalue weighted by Crippen LogP contribution is 2.19. The fraction of sp³-hybridized carbons (Fsp3) is 0.550. The number of nitrogens with zero attached hydrogens (tertiary/aromatic N) is 4. The van der Waals surface area contributed by atoms with E-state index in [1.54, 1.807) is 12.1 Å². The van der Waals surface area contributed by atoms with Crippen LogP contribution in [0.5, 0.6) is 0 Å². The molecule has 0 aliphatic carbocycles. The predicted octanol–water partition coefficient (Wildman–Crippen LogP) is 3.31. The van der Waals surface area contributed by atoms with Crippen LogP contribution in [0.1, 0.15) is 50.3 Å². The van der Waals surface area contributed by atoms with Crippen molar-refractivity contribution >= 4 is 17.6 Å². The first-order valence-electron chi connectivity index (χ1n) is 9.89. The molecule has 0 radical (unpaired) electrons. The average Bonchev–Trinajstić information content (AvgIpc) is 3.08. The Kier molecular flexibility index (Phi) is 6.88. The highest BCUT2D eigenvalue weighted by molar-refractivity contribution is 6.31. The van der Waals surface area contributed by atoms with Crippen LogP contribution in [0.15, 0.2) is 23.2 Å². The maximum absolute atomic E-state index is 13.9. The van der Waals surface area contributed by atoms with Crippen LogP contribution in [0, 0.1) is 5.82 Å². The van der Waals surface area contributed by atoms with Crippen LogP contribution in [-0.2, 0) is 19.4 Å². The van der Waals surface area contributed by atoms with Crippen molar-refractivity contribution < 1.29 is 4.39 Å². The molecule has 2 aromatic rings. The Bertz CT molecular complexity index is 812. The largest absolute Gasteiger partial charge is 0.357 e. The summed E-state index contributed by atoms with van der Waals surface area (Å²) in [6.07, 6.45) is 2.32. The smallest absolute Gasteiger partial charge is 0.191 e. The lowest BCUT2D eigenvalue weighted by atomic mass is 10.1. The Morgan fingerprint density at radius 2 is 2.25 bits per heavy atom. The molecule has 0 saturated heterocycles. The molecular weight excluding hydrogens is 379 g/mol. The fourth-order valence-corrected chi connectivity index (χ4v) is 3.51. The monoisotopic (exact) mass is 406 g/mol. The first-order valence-corrected chi connectivity index (χ1v) is 10.3. The summed E-state index contributed by atoms with van der Waals surface area (Å²) in [6.45, 7) is 8.21. The highest BCUT2D eigenvalue weighted by Gasteiger charge is 2.23. The summed E-state index contributed by atoms with van der Waals surface area (Å²) in [7, 11) is 0. The number of aromatic nitrogens is 3. The summed E-state index contributed by atoms with van der Waals surface area (Å²) in [4.78, 5) is 9.23. The van der Waals surface area contributed by atoms with E-state index in [0.717, 1.165) is 43.5 Å². The third kappa shape index (κ3) is 5.01. The first kappa shape index (κ1) is 20.6. The van der Waals surface area contributed by atoms with Crippen LogP contribution in [0.4, 0.5) is 4.39 Å². The van der Waals surface area contributed by atoms with Gasteiger partial charge >= 0.3 is 0 Å². The third-order valence-corrected chi connectivity index (χ3v) is 5.12. The minimum Gasteiger partial charge on any atom is -0.357 e. The van der Waals surface area contributed by atoms with E-state index in [9.17, 15) is 4.39 Å². The van der Waals surface area contributed by atoms with Gasteiger partial charge in [-0.15, -0.1) is 0 Å². The lowest BCUT2D eigenvalue weighted by Gasteiger charge is -2.25. The molecule has 0 amide bonds. The lowest BCUT2D eigenvalue weighted by molar-refractivity contribution is 0.391. The molecule has 6 nitrogen and oxygen atoms in total. The number of nitrogens with one attached hydrogen (secondary N) is 2. The van der Waals surface area contributed by atoms with Crippen LogP contribution < -0.4 is 10.6 Å². The molecule has 1 aliphatic rings. The van der Waals surface area contributed by atoms with Gasteiger partial charge in [-0.2, -0.15) is 5.10 Å². The average molecular weight is 407 g/mol. The Morgan fingerprint density at radius 1 is 1.43 bits per heavy atom. The van der Waals surface area contributed by atoms with E-state index in [2.05, 4.69) is 39.6 Å². The second-order valence-corrected chi connectivity index (χ2v) is 7.72. The van der Waals surface area contributed by atoms with Crippen molar-refractivity contribution in [1.29, 1.82) is 0 Å². The van der Waals surface area contributed by atoms with Crippen LogP contribution in [0.3, 0.4) is 0 Å². The van der Waals surface area contributed by atoms with Gasteiger partial charge in [-0.05, 0) is 31.9 Å². The van der Waals surface area contributed by atoms with E-state index in [-0.39, 0.29) is 11.9 Å². The molecule has 1 unspecified atom stereocenters. The van der Waals surface area contributed by atoms with Gasteiger partial charge in [0.25, 0.3) is 0 Å². The summed E-state index contributed by atoms with van der Waals surface area (Å²) >= 11 is 6.10. The molecule has 1 atom stereocenters. The molecule has 2 heterocycles. The Hall–Kier alpha value is -2.15.